The van der Waals surface area contributed by atoms with Gasteiger partial charge in [-0.05, 0) is 74.7 Å². The Morgan fingerprint density at radius 2 is 1.53 bits per heavy atom. The Labute approximate surface area is 320 Å². The Morgan fingerprint density at radius 3 is 2.08 bits per heavy atom. The molecule has 0 aliphatic rings. The van der Waals surface area contributed by atoms with E-state index < -0.39 is 46.4 Å². The lowest BCUT2D eigenvalue weighted by atomic mass is 9.88. The lowest BCUT2D eigenvalue weighted by molar-refractivity contribution is -0.155. The maximum atomic E-state index is 13.5. The van der Waals surface area contributed by atoms with Crippen molar-refractivity contribution in [3.8, 4) is 5.75 Å². The van der Waals surface area contributed by atoms with Gasteiger partial charge < -0.3 is 46.6 Å². The van der Waals surface area contributed by atoms with Gasteiger partial charge in [0.05, 0.1) is 65.6 Å². The molecule has 0 heterocycles. The molecule has 1 rings (SSSR count). The van der Waals surface area contributed by atoms with Crippen molar-refractivity contribution in [3.63, 3.8) is 0 Å². The molecule has 0 aliphatic heterocycles. The Kier molecular flexibility index (Phi) is 23.4. The van der Waals surface area contributed by atoms with E-state index in [9.17, 15) is 9.36 Å². The van der Waals surface area contributed by atoms with Crippen LogP contribution in [0.15, 0.2) is 47.6 Å². The van der Waals surface area contributed by atoms with Crippen LogP contribution in [0.25, 0.3) is 0 Å². The monoisotopic (exact) mass is 788 g/mol. The minimum atomic E-state index is -3.71. The molecule has 4 atom stereocenters. The summed E-state index contributed by atoms with van der Waals surface area (Å²) in [5, 5.41) is 0.0538. The van der Waals surface area contributed by atoms with Gasteiger partial charge in [0.25, 0.3) is 0 Å². The standard InChI is InChI=1S/C39H69O12PSi/c1-14-48-52(41,49-15-2)28-37(40)51-36(32(5)38(44-11)31(4)20-22-45-27-33-16-18-34(43-10)19-17-33)26-35(47-29-46-25-24-42-9)30(3)21-23-50-53(12,13)39(6,7)8/h16-21,32,35-36,38H,14-15,22-29H2,1-13H3/b30-21+,31-20+/t32-,35+,36+,38+/m1/s1. The molecule has 0 saturated heterocycles. The minimum Gasteiger partial charge on any atom is -0.497 e. The van der Waals surface area contributed by atoms with E-state index in [0.717, 1.165) is 22.5 Å². The summed E-state index contributed by atoms with van der Waals surface area (Å²) in [4.78, 5) is 13.5. The fourth-order valence-corrected chi connectivity index (χ4v) is 7.50. The van der Waals surface area contributed by atoms with Gasteiger partial charge in [-0.3, -0.25) is 9.36 Å². The van der Waals surface area contributed by atoms with E-state index in [0.29, 0.717) is 33.0 Å². The van der Waals surface area contributed by atoms with Gasteiger partial charge in [0.2, 0.25) is 0 Å². The summed E-state index contributed by atoms with van der Waals surface area (Å²) in [7, 11) is -0.863. The summed E-state index contributed by atoms with van der Waals surface area (Å²) < 4.78 is 70.9. The SMILES string of the molecule is CCOP(=O)(CC(=O)O[C@@H](C[C@H](OCOCCOC)/C(C)=C/CO[Si](C)(C)C(C)(C)C)[C@@H](C)[C@@H](OC)/C(C)=C/COCc1ccc(OC)cc1)OCC. The predicted molar refractivity (Wildman–Crippen MR) is 211 cm³/mol. The summed E-state index contributed by atoms with van der Waals surface area (Å²) in [6.45, 7) is 22.5. The second kappa shape index (κ2) is 25.3. The first-order valence-electron chi connectivity index (χ1n) is 18.4. The first-order chi connectivity index (χ1) is 25.0. The molecule has 0 radical (unpaired) electrons. The molecular weight excluding hydrogens is 719 g/mol. The van der Waals surface area contributed by atoms with Crippen LogP contribution in [-0.2, 0) is 57.9 Å². The van der Waals surface area contributed by atoms with Gasteiger partial charge in [-0.25, -0.2) is 0 Å². The molecule has 0 unspecified atom stereocenters. The Bertz CT molecular complexity index is 1270. The molecule has 0 amide bonds. The zero-order valence-corrected chi connectivity index (χ0v) is 36.6. The van der Waals surface area contributed by atoms with Crippen LogP contribution in [0.4, 0.5) is 0 Å². The van der Waals surface area contributed by atoms with Crippen molar-refractivity contribution in [1.29, 1.82) is 0 Å². The second-order valence-electron chi connectivity index (χ2n) is 14.4. The number of ether oxygens (including phenoxy) is 7. The van der Waals surface area contributed by atoms with Crippen LogP contribution in [0, 0.1) is 5.92 Å². The number of methoxy groups -OCH3 is 3. The Hall–Kier alpha value is -1.90. The third-order valence-electron chi connectivity index (χ3n) is 9.37. The van der Waals surface area contributed by atoms with Crippen molar-refractivity contribution in [1.82, 2.24) is 0 Å². The third kappa shape index (κ3) is 18.5. The van der Waals surface area contributed by atoms with E-state index >= 15 is 0 Å². The molecule has 14 heteroatoms. The smallest absolute Gasteiger partial charge is 0.341 e. The maximum absolute atomic E-state index is 13.5. The van der Waals surface area contributed by atoms with Crippen LogP contribution in [0.1, 0.15) is 67.4 Å². The second-order valence-corrected chi connectivity index (χ2v) is 21.3. The van der Waals surface area contributed by atoms with Gasteiger partial charge in [0.1, 0.15) is 24.8 Å². The average Bonchev–Trinajstić information content (AvgIpc) is 3.09. The molecule has 1 aromatic rings. The molecule has 12 nitrogen and oxygen atoms in total. The van der Waals surface area contributed by atoms with Gasteiger partial charge in [-0.2, -0.15) is 0 Å². The van der Waals surface area contributed by atoms with Crippen LogP contribution in [0.2, 0.25) is 18.1 Å². The van der Waals surface area contributed by atoms with Gasteiger partial charge in [-0.15, -0.1) is 0 Å². The number of carbonyl (C=O) groups is 1. The van der Waals surface area contributed by atoms with Crippen molar-refractivity contribution in [2.75, 3.05) is 73.9 Å². The van der Waals surface area contributed by atoms with Gasteiger partial charge in [0, 0.05) is 26.6 Å². The molecule has 0 saturated carbocycles. The highest BCUT2D eigenvalue weighted by Gasteiger charge is 2.38. The van der Waals surface area contributed by atoms with Gasteiger partial charge >= 0.3 is 13.6 Å². The lowest BCUT2D eigenvalue weighted by Gasteiger charge is -2.36. The fraction of sp³-hybridized carbons (Fsp3) is 0.718. The summed E-state index contributed by atoms with van der Waals surface area (Å²) in [5.74, 6) is -0.284. The molecule has 0 aliphatic carbocycles. The number of hydrogen-bond acceptors (Lipinski definition) is 12. The van der Waals surface area contributed by atoms with Crippen LogP contribution in [0.3, 0.4) is 0 Å². The Morgan fingerprint density at radius 1 is 0.906 bits per heavy atom. The number of hydrogen-bond donors (Lipinski definition) is 0. The quantitative estimate of drug-likeness (QED) is 0.0202. The highest BCUT2D eigenvalue weighted by Crippen LogP contribution is 2.48. The molecule has 0 aromatic heterocycles. The highest BCUT2D eigenvalue weighted by molar-refractivity contribution is 7.54. The first kappa shape index (κ1) is 49.1. The number of esters is 1. The van der Waals surface area contributed by atoms with Crippen molar-refractivity contribution < 1.29 is 56.0 Å². The average molecular weight is 789 g/mol. The molecule has 0 fully saturated rings. The van der Waals surface area contributed by atoms with Crippen molar-refractivity contribution >= 4 is 21.9 Å². The Balaban J connectivity index is 3.37. The molecule has 0 N–H and O–H groups in total. The normalized spacial score (nSPS) is 15.6. The van der Waals surface area contributed by atoms with Crippen molar-refractivity contribution in [2.24, 2.45) is 5.92 Å². The van der Waals surface area contributed by atoms with Gasteiger partial charge in [-0.1, -0.05) is 52.0 Å². The molecular formula is C39H69O12PSi. The summed E-state index contributed by atoms with van der Waals surface area (Å²) in [6.07, 6.45) is 2.02. The van der Waals surface area contributed by atoms with E-state index in [-0.39, 0.29) is 37.4 Å². The fourth-order valence-electron chi connectivity index (χ4n) is 5.13. The van der Waals surface area contributed by atoms with E-state index in [1.807, 2.05) is 57.2 Å². The molecule has 0 spiro atoms. The summed E-state index contributed by atoms with van der Waals surface area (Å²) in [6, 6.07) is 7.71. The van der Waals surface area contributed by atoms with Crippen molar-refractivity contribution in [2.45, 2.75) is 105 Å². The van der Waals surface area contributed by atoms with E-state index in [2.05, 4.69) is 33.9 Å². The van der Waals surface area contributed by atoms with E-state index in [1.165, 1.54) is 0 Å². The predicted octanol–water partition coefficient (Wildman–Crippen LogP) is 8.35. The third-order valence-corrected chi connectivity index (χ3v) is 15.8. The van der Waals surface area contributed by atoms with Crippen LogP contribution < -0.4 is 4.74 Å². The highest BCUT2D eigenvalue weighted by atomic mass is 31.2. The largest absolute Gasteiger partial charge is 0.497 e. The summed E-state index contributed by atoms with van der Waals surface area (Å²) in [5.41, 5.74) is 2.82. The molecule has 53 heavy (non-hydrogen) atoms. The zero-order valence-electron chi connectivity index (χ0n) is 34.7. The van der Waals surface area contributed by atoms with Crippen LogP contribution in [-0.4, -0.2) is 107 Å². The number of rotatable bonds is 28. The van der Waals surface area contributed by atoms with E-state index in [4.69, 9.17) is 46.6 Å². The number of benzene rings is 1. The maximum Gasteiger partial charge on any atom is 0.341 e. The lowest BCUT2D eigenvalue weighted by Crippen LogP contribution is -2.41. The van der Waals surface area contributed by atoms with Gasteiger partial charge in [0.15, 0.2) is 8.32 Å². The molecule has 306 valence electrons. The minimum absolute atomic E-state index is 0.000597. The summed E-state index contributed by atoms with van der Waals surface area (Å²) >= 11 is 0. The van der Waals surface area contributed by atoms with Crippen LogP contribution >= 0.6 is 7.60 Å². The van der Waals surface area contributed by atoms with Crippen molar-refractivity contribution in [3.05, 3.63) is 53.1 Å². The first-order valence-corrected chi connectivity index (χ1v) is 23.1. The molecule has 0 bridgehead atoms. The molecule has 1 aromatic carbocycles. The number of carbonyl (C=O) groups excluding carboxylic acids is 1. The zero-order chi connectivity index (χ0) is 40.1. The van der Waals surface area contributed by atoms with Crippen LogP contribution in [0.5, 0.6) is 5.75 Å². The van der Waals surface area contributed by atoms with E-state index in [1.54, 1.807) is 35.2 Å². The topological polar surface area (TPSA) is 126 Å².